The van der Waals surface area contributed by atoms with E-state index in [0.717, 1.165) is 16.5 Å². The molecule has 16 nitrogen and oxygen atoms in total. The lowest BCUT2D eigenvalue weighted by atomic mass is 10.0. The summed E-state index contributed by atoms with van der Waals surface area (Å²) in [7, 11) is 0. The predicted octanol–water partition coefficient (Wildman–Crippen LogP) is 3.18. The molecular formula is C44H55N7O9S. The van der Waals surface area contributed by atoms with E-state index in [1.54, 1.807) is 81.6 Å². The van der Waals surface area contributed by atoms with Gasteiger partial charge in [0.1, 0.15) is 36.4 Å². The van der Waals surface area contributed by atoms with Gasteiger partial charge < -0.3 is 46.8 Å². The second kappa shape index (κ2) is 23.4. The first kappa shape index (κ1) is 47.3. The van der Waals surface area contributed by atoms with Gasteiger partial charge in [0, 0.05) is 42.9 Å². The lowest BCUT2D eigenvalue weighted by Crippen LogP contribution is -2.59. The minimum absolute atomic E-state index is 0.0339. The van der Waals surface area contributed by atoms with Crippen LogP contribution in [0.2, 0.25) is 0 Å². The smallest absolute Gasteiger partial charge is 0.407 e. The van der Waals surface area contributed by atoms with Gasteiger partial charge in [0.05, 0.1) is 6.42 Å². The molecule has 4 atom stereocenters. The van der Waals surface area contributed by atoms with E-state index < -0.39 is 77.8 Å². The number of benzene rings is 3. The molecule has 17 heteroatoms. The zero-order valence-electron chi connectivity index (χ0n) is 34.8. The van der Waals surface area contributed by atoms with Crippen LogP contribution in [-0.4, -0.2) is 94.9 Å². The fourth-order valence-electron chi connectivity index (χ4n) is 6.16. The Morgan fingerprint density at radius 3 is 1.97 bits per heavy atom. The first-order valence-electron chi connectivity index (χ1n) is 19.9. The van der Waals surface area contributed by atoms with Crippen molar-refractivity contribution in [3.8, 4) is 0 Å². The molecule has 0 radical (unpaired) electrons. The largest absolute Gasteiger partial charge is 0.461 e. The number of aromatic amines is 1. The van der Waals surface area contributed by atoms with Crippen molar-refractivity contribution < 1.29 is 43.0 Å². The highest BCUT2D eigenvalue weighted by molar-refractivity contribution is 7.98. The van der Waals surface area contributed by atoms with Crippen molar-refractivity contribution in [3.05, 3.63) is 108 Å². The van der Waals surface area contributed by atoms with Crippen LogP contribution in [0.3, 0.4) is 0 Å². The molecule has 0 saturated heterocycles. The fraction of sp³-hybridized carbons (Fsp3) is 0.386. The third-order valence-corrected chi connectivity index (χ3v) is 9.85. The summed E-state index contributed by atoms with van der Waals surface area (Å²) in [6, 6.07) is 20.0. The number of rotatable bonds is 22. The zero-order valence-corrected chi connectivity index (χ0v) is 35.6. The third kappa shape index (κ3) is 16.3. The Kier molecular flexibility index (Phi) is 18.2. The fourth-order valence-corrected chi connectivity index (χ4v) is 6.63. The number of primary amides is 1. The number of ether oxygens (including phenoxy) is 2. The van der Waals surface area contributed by atoms with E-state index in [9.17, 15) is 33.6 Å². The van der Waals surface area contributed by atoms with E-state index >= 15 is 0 Å². The molecule has 0 aliphatic rings. The number of carbonyl (C=O) groups is 7. The third-order valence-electron chi connectivity index (χ3n) is 9.20. The van der Waals surface area contributed by atoms with Crippen molar-refractivity contribution in [2.45, 2.75) is 89.3 Å². The van der Waals surface area contributed by atoms with Crippen LogP contribution >= 0.6 is 11.8 Å². The summed E-state index contributed by atoms with van der Waals surface area (Å²) in [4.78, 5) is 96.3. The molecule has 0 fully saturated rings. The van der Waals surface area contributed by atoms with Crippen molar-refractivity contribution >= 4 is 64.3 Å². The average molecular weight is 858 g/mol. The summed E-state index contributed by atoms with van der Waals surface area (Å²) in [5, 5.41) is 14.0. The number of carbonyl (C=O) groups excluding carboxylic acids is 7. The van der Waals surface area contributed by atoms with Crippen LogP contribution in [0.1, 0.15) is 56.7 Å². The number of alkyl carbamates (subject to hydrolysis) is 1. The van der Waals surface area contributed by atoms with Gasteiger partial charge in [-0.25, -0.2) is 4.79 Å². The van der Waals surface area contributed by atoms with Crippen LogP contribution in [0, 0.1) is 0 Å². The van der Waals surface area contributed by atoms with Gasteiger partial charge in [0.25, 0.3) is 0 Å². The number of fused-ring (bicyclic) bond motifs is 1. The van der Waals surface area contributed by atoms with Crippen molar-refractivity contribution in [2.24, 2.45) is 5.73 Å². The normalized spacial score (nSPS) is 13.1. The first-order chi connectivity index (χ1) is 29.1. The molecular weight excluding hydrogens is 803 g/mol. The number of hydrogen-bond donors (Lipinski definition) is 7. The van der Waals surface area contributed by atoms with E-state index in [2.05, 4.69) is 31.6 Å². The molecule has 4 rings (SSSR count). The van der Waals surface area contributed by atoms with Crippen molar-refractivity contribution in [1.82, 2.24) is 31.6 Å². The molecule has 1 unspecified atom stereocenters. The van der Waals surface area contributed by atoms with Gasteiger partial charge >= 0.3 is 12.1 Å². The van der Waals surface area contributed by atoms with Gasteiger partial charge in [0.15, 0.2) is 0 Å². The molecule has 0 bridgehead atoms. The second-order valence-corrected chi connectivity index (χ2v) is 16.3. The number of H-pyrrole nitrogens is 1. The second-order valence-electron chi connectivity index (χ2n) is 15.3. The Morgan fingerprint density at radius 2 is 1.31 bits per heavy atom. The molecule has 8 N–H and O–H groups in total. The lowest BCUT2D eigenvalue weighted by Gasteiger charge is -2.26. The van der Waals surface area contributed by atoms with Gasteiger partial charge in [-0.05, 0) is 62.0 Å². The van der Waals surface area contributed by atoms with E-state index in [0.29, 0.717) is 16.9 Å². The molecule has 0 aliphatic heterocycles. The zero-order chi connectivity index (χ0) is 44.4. The Morgan fingerprint density at radius 1 is 0.721 bits per heavy atom. The van der Waals surface area contributed by atoms with Crippen LogP contribution in [0.15, 0.2) is 91.1 Å². The average Bonchev–Trinajstić information content (AvgIpc) is 3.63. The summed E-state index contributed by atoms with van der Waals surface area (Å²) >= 11 is 1.41. The number of amides is 6. The van der Waals surface area contributed by atoms with Crippen molar-refractivity contribution in [2.75, 3.05) is 18.6 Å². The summed E-state index contributed by atoms with van der Waals surface area (Å²) in [5.74, 6) is -4.14. The van der Waals surface area contributed by atoms with E-state index in [1.165, 1.54) is 11.8 Å². The standard InChI is InChI=1S/C44H55N7O9S/c1-44(2,3)60-43(58)46-21-19-37(52)48-35(24-30-26-47-32-18-12-11-17-31(30)32)41(56)49-33(20-22-61-4)40(55)51-36(25-38(53)59-27-29-15-9-6-10-16-29)42(57)50-34(39(45)54)23-28-13-7-5-8-14-28/h5-18,26,33-36,47H,19-25,27H2,1-4H3,(H2,45,54)(H,46,58)(H,48,52)(H,49,56)(H,50,57)(H,51,55)/t33-,34-,35-,36?/m0/s1. The number of para-hydroxylation sites is 1. The summed E-state index contributed by atoms with van der Waals surface area (Å²) in [6.07, 6.45) is 2.25. The molecule has 4 aromatic rings. The number of nitrogens with two attached hydrogens (primary N) is 1. The van der Waals surface area contributed by atoms with Gasteiger partial charge in [-0.3, -0.25) is 28.8 Å². The molecule has 6 amide bonds. The van der Waals surface area contributed by atoms with Gasteiger partial charge in [0.2, 0.25) is 29.5 Å². The minimum Gasteiger partial charge on any atom is -0.461 e. The summed E-state index contributed by atoms with van der Waals surface area (Å²) in [5.41, 5.74) is 7.88. The maximum absolute atomic E-state index is 14.2. The molecule has 0 spiro atoms. The van der Waals surface area contributed by atoms with Crippen molar-refractivity contribution in [1.29, 1.82) is 0 Å². The van der Waals surface area contributed by atoms with Crippen LogP contribution in [0.5, 0.6) is 0 Å². The maximum Gasteiger partial charge on any atom is 0.407 e. The summed E-state index contributed by atoms with van der Waals surface area (Å²) in [6.45, 7) is 4.97. The predicted molar refractivity (Wildman–Crippen MR) is 232 cm³/mol. The maximum atomic E-state index is 14.2. The van der Waals surface area contributed by atoms with Gasteiger partial charge in [-0.2, -0.15) is 11.8 Å². The Balaban J connectivity index is 1.54. The number of nitrogens with one attached hydrogen (secondary N) is 6. The first-order valence-corrected chi connectivity index (χ1v) is 21.2. The number of aromatic nitrogens is 1. The summed E-state index contributed by atoms with van der Waals surface area (Å²) < 4.78 is 10.7. The molecule has 1 heterocycles. The molecule has 61 heavy (non-hydrogen) atoms. The van der Waals surface area contributed by atoms with Gasteiger partial charge in [-0.15, -0.1) is 0 Å². The molecule has 1 aromatic heterocycles. The molecule has 3 aromatic carbocycles. The SMILES string of the molecule is CSCC[C@H](NC(=O)[C@H](Cc1c[nH]c2ccccc12)NC(=O)CCNC(=O)OC(C)(C)C)C(=O)NC(CC(=O)OCc1ccccc1)C(=O)N[C@@H](Cc1ccccc1)C(N)=O. The lowest BCUT2D eigenvalue weighted by molar-refractivity contribution is -0.147. The molecule has 0 aliphatic carbocycles. The Bertz CT molecular complexity index is 2110. The van der Waals surface area contributed by atoms with E-state index in [4.69, 9.17) is 15.2 Å². The number of hydrogen-bond acceptors (Lipinski definition) is 10. The quantitative estimate of drug-likeness (QED) is 0.0570. The van der Waals surface area contributed by atoms with Crippen molar-refractivity contribution in [3.63, 3.8) is 0 Å². The highest BCUT2D eigenvalue weighted by Crippen LogP contribution is 2.20. The number of thioether (sulfide) groups is 1. The van der Waals surface area contributed by atoms with Crippen LogP contribution in [0.4, 0.5) is 4.79 Å². The van der Waals surface area contributed by atoms with Crippen LogP contribution in [-0.2, 0) is 57.7 Å². The van der Waals surface area contributed by atoms with E-state index in [-0.39, 0.29) is 38.8 Å². The minimum atomic E-state index is -1.54. The Labute approximate surface area is 359 Å². The topological polar surface area (TPSA) is 240 Å². The molecule has 326 valence electrons. The molecule has 0 saturated carbocycles. The highest BCUT2D eigenvalue weighted by atomic mass is 32.2. The van der Waals surface area contributed by atoms with Gasteiger partial charge in [-0.1, -0.05) is 78.9 Å². The monoisotopic (exact) mass is 857 g/mol. The van der Waals surface area contributed by atoms with E-state index in [1.807, 2.05) is 36.6 Å². The Hall–Kier alpha value is -6.36. The van der Waals surface area contributed by atoms with Crippen LogP contribution < -0.4 is 32.3 Å². The van der Waals surface area contributed by atoms with Crippen LogP contribution in [0.25, 0.3) is 10.9 Å². The number of esters is 1. The highest BCUT2D eigenvalue weighted by Gasteiger charge is 2.33.